The molecule has 152 valence electrons. The van der Waals surface area contributed by atoms with Gasteiger partial charge < -0.3 is 5.11 Å². The Hall–Kier alpha value is -3.03. The van der Waals surface area contributed by atoms with E-state index >= 15 is 0 Å². The molecule has 3 aromatic rings. The van der Waals surface area contributed by atoms with Crippen LogP contribution >= 0.6 is 22.9 Å². The van der Waals surface area contributed by atoms with Crippen LogP contribution in [0.1, 0.15) is 37.5 Å². The van der Waals surface area contributed by atoms with E-state index in [0.717, 1.165) is 10.6 Å². The lowest BCUT2D eigenvalue weighted by Gasteiger charge is -2.28. The van der Waals surface area contributed by atoms with Gasteiger partial charge in [0.1, 0.15) is 0 Å². The molecule has 1 aromatic carbocycles. The molecule has 2 aromatic heterocycles. The third kappa shape index (κ3) is 3.30. The molecule has 0 saturated heterocycles. The normalized spacial score (nSPS) is 16.5. The largest absolute Gasteiger partial charge is 0.503 e. The summed E-state index contributed by atoms with van der Waals surface area (Å²) in [4.78, 5) is 36.8. The van der Waals surface area contributed by atoms with E-state index in [-0.39, 0.29) is 5.57 Å². The molecular formula is C22H18ClN3O3S. The number of thiazole rings is 1. The minimum Gasteiger partial charge on any atom is -0.503 e. The molecule has 1 unspecified atom stereocenters. The number of anilines is 1. The Morgan fingerprint density at radius 2 is 1.87 bits per heavy atom. The molecule has 0 aliphatic carbocycles. The van der Waals surface area contributed by atoms with Crippen LogP contribution in [-0.2, 0) is 4.79 Å². The number of halogens is 1. The number of amides is 1. The Morgan fingerprint density at radius 3 is 2.47 bits per heavy atom. The van der Waals surface area contributed by atoms with E-state index in [2.05, 4.69) is 9.97 Å². The van der Waals surface area contributed by atoms with Gasteiger partial charge in [-0.3, -0.25) is 19.5 Å². The van der Waals surface area contributed by atoms with E-state index in [4.69, 9.17) is 11.6 Å². The highest BCUT2D eigenvalue weighted by atomic mass is 35.5. The fourth-order valence-corrected chi connectivity index (χ4v) is 4.80. The fourth-order valence-electron chi connectivity index (χ4n) is 3.70. The smallest absolute Gasteiger partial charge is 0.294 e. The molecule has 0 spiro atoms. The molecule has 0 saturated carbocycles. The maximum atomic E-state index is 13.5. The maximum Gasteiger partial charge on any atom is 0.294 e. The summed E-state index contributed by atoms with van der Waals surface area (Å²) < 4.78 is 0. The lowest BCUT2D eigenvalue weighted by molar-refractivity contribution is -0.117. The number of Topliss-reactive ketones (excluding diaryl/α,β-unsaturated/α-hetero) is 1. The van der Waals surface area contributed by atoms with Gasteiger partial charge in [0.2, 0.25) is 5.78 Å². The Kier molecular flexibility index (Phi) is 5.17. The van der Waals surface area contributed by atoms with Crippen LogP contribution in [0.15, 0.2) is 54.1 Å². The zero-order chi connectivity index (χ0) is 21.6. The quantitative estimate of drug-likeness (QED) is 0.584. The average Bonchev–Trinajstić information content (AvgIpc) is 3.18. The number of aliphatic hydroxyl groups excluding tert-OH is 1. The Bertz CT molecular complexity index is 1200. The molecule has 3 heterocycles. The van der Waals surface area contributed by atoms with Crippen LogP contribution < -0.4 is 4.90 Å². The first-order chi connectivity index (χ1) is 14.3. The summed E-state index contributed by atoms with van der Waals surface area (Å²) >= 11 is 7.34. The van der Waals surface area contributed by atoms with Crippen molar-refractivity contribution in [1.29, 1.82) is 0 Å². The first-order valence-corrected chi connectivity index (χ1v) is 10.4. The predicted octanol–water partition coefficient (Wildman–Crippen LogP) is 4.90. The van der Waals surface area contributed by atoms with Crippen molar-refractivity contribution >= 4 is 40.3 Å². The summed E-state index contributed by atoms with van der Waals surface area (Å²) in [6.07, 6.45) is 3.18. The standard InChI is InChI=1S/C22H18ClN3O3S/c1-11-10-15(23)4-5-16(11)26-18(14-6-8-24-9-7-14)17(20(28)22(26)29)19(27)21-12(2)25-13(3)30-21/h4-10,18,28H,1-3H3. The first kappa shape index (κ1) is 20.3. The summed E-state index contributed by atoms with van der Waals surface area (Å²) in [6, 6.07) is 7.79. The SMILES string of the molecule is Cc1nc(C)c(C(=O)C2=C(O)C(=O)N(c3ccc(Cl)cc3C)C2c2ccncc2)s1. The number of rotatable bonds is 4. The summed E-state index contributed by atoms with van der Waals surface area (Å²) in [6.45, 7) is 5.38. The van der Waals surface area contributed by atoms with Gasteiger partial charge in [0.05, 0.1) is 27.2 Å². The van der Waals surface area contributed by atoms with E-state index in [9.17, 15) is 14.7 Å². The van der Waals surface area contributed by atoms with Crippen molar-refractivity contribution in [1.82, 2.24) is 9.97 Å². The summed E-state index contributed by atoms with van der Waals surface area (Å²) in [7, 11) is 0. The van der Waals surface area contributed by atoms with Crippen molar-refractivity contribution in [3.63, 3.8) is 0 Å². The molecule has 1 atom stereocenters. The molecule has 8 heteroatoms. The number of hydrogen-bond donors (Lipinski definition) is 1. The zero-order valence-corrected chi connectivity index (χ0v) is 18.1. The average molecular weight is 440 g/mol. The van der Waals surface area contributed by atoms with Gasteiger partial charge >= 0.3 is 0 Å². The molecule has 1 aliphatic rings. The highest BCUT2D eigenvalue weighted by molar-refractivity contribution is 7.14. The maximum absolute atomic E-state index is 13.5. The molecule has 0 radical (unpaired) electrons. The molecule has 1 aliphatic heterocycles. The van der Waals surface area contributed by atoms with Crippen LogP contribution in [0.4, 0.5) is 5.69 Å². The number of pyridine rings is 1. The number of carbonyl (C=O) groups is 2. The van der Waals surface area contributed by atoms with E-state index in [1.54, 1.807) is 49.6 Å². The van der Waals surface area contributed by atoms with Gasteiger partial charge in [0.25, 0.3) is 5.91 Å². The van der Waals surface area contributed by atoms with Crippen LogP contribution in [0.2, 0.25) is 5.02 Å². The Morgan fingerprint density at radius 1 is 1.17 bits per heavy atom. The second kappa shape index (κ2) is 7.66. The van der Waals surface area contributed by atoms with Crippen LogP contribution in [0.3, 0.4) is 0 Å². The number of nitrogens with zero attached hydrogens (tertiary/aromatic N) is 3. The second-order valence-corrected chi connectivity index (χ2v) is 8.67. The van der Waals surface area contributed by atoms with Crippen molar-refractivity contribution in [2.45, 2.75) is 26.8 Å². The summed E-state index contributed by atoms with van der Waals surface area (Å²) in [5, 5.41) is 12.1. The predicted molar refractivity (Wildman–Crippen MR) is 116 cm³/mol. The minimum absolute atomic E-state index is 0.0345. The van der Waals surface area contributed by atoms with Crippen molar-refractivity contribution < 1.29 is 14.7 Å². The van der Waals surface area contributed by atoms with Gasteiger partial charge in [-0.2, -0.15) is 0 Å². The van der Waals surface area contributed by atoms with Crippen LogP contribution in [0.25, 0.3) is 0 Å². The van der Waals surface area contributed by atoms with Gasteiger partial charge in [-0.15, -0.1) is 11.3 Å². The summed E-state index contributed by atoms with van der Waals surface area (Å²) in [5.41, 5.74) is 2.59. The summed E-state index contributed by atoms with van der Waals surface area (Å²) in [5.74, 6) is -1.59. The van der Waals surface area contributed by atoms with E-state index in [1.165, 1.54) is 16.2 Å². The number of ketones is 1. The van der Waals surface area contributed by atoms with Crippen molar-refractivity contribution in [2.75, 3.05) is 4.90 Å². The monoisotopic (exact) mass is 439 g/mol. The topological polar surface area (TPSA) is 83.4 Å². The zero-order valence-electron chi connectivity index (χ0n) is 16.5. The minimum atomic E-state index is -0.797. The van der Waals surface area contributed by atoms with E-state index in [0.29, 0.717) is 26.8 Å². The van der Waals surface area contributed by atoms with Crippen molar-refractivity contribution in [2.24, 2.45) is 0 Å². The molecule has 0 fully saturated rings. The molecular weight excluding hydrogens is 422 g/mol. The number of benzene rings is 1. The third-order valence-corrected chi connectivity index (χ3v) is 6.31. The number of carbonyl (C=O) groups excluding carboxylic acids is 2. The number of aryl methyl sites for hydroxylation is 3. The fraction of sp³-hybridized carbons (Fsp3) is 0.182. The first-order valence-electron chi connectivity index (χ1n) is 9.21. The molecule has 0 bridgehead atoms. The van der Waals surface area contributed by atoms with Crippen LogP contribution in [-0.4, -0.2) is 26.8 Å². The van der Waals surface area contributed by atoms with E-state index in [1.807, 2.05) is 13.8 Å². The van der Waals surface area contributed by atoms with Crippen LogP contribution in [0.5, 0.6) is 0 Å². The number of aliphatic hydroxyl groups is 1. The molecule has 30 heavy (non-hydrogen) atoms. The lowest BCUT2D eigenvalue weighted by Crippen LogP contribution is -2.31. The highest BCUT2D eigenvalue weighted by Crippen LogP contribution is 2.43. The molecule has 1 N–H and O–H groups in total. The lowest BCUT2D eigenvalue weighted by atomic mass is 9.95. The molecule has 4 rings (SSSR count). The van der Waals surface area contributed by atoms with E-state index < -0.39 is 23.5 Å². The van der Waals surface area contributed by atoms with Gasteiger partial charge in [0.15, 0.2) is 5.76 Å². The number of aromatic nitrogens is 2. The third-order valence-electron chi connectivity index (χ3n) is 5.00. The van der Waals surface area contributed by atoms with Gasteiger partial charge in [-0.05, 0) is 62.2 Å². The Balaban J connectivity index is 1.91. The molecule has 1 amide bonds. The van der Waals surface area contributed by atoms with Gasteiger partial charge in [-0.1, -0.05) is 11.6 Å². The molecule has 6 nitrogen and oxygen atoms in total. The van der Waals surface area contributed by atoms with Gasteiger partial charge in [0, 0.05) is 23.1 Å². The van der Waals surface area contributed by atoms with Gasteiger partial charge in [-0.25, -0.2) is 4.98 Å². The van der Waals surface area contributed by atoms with Crippen molar-refractivity contribution in [3.05, 3.63) is 85.8 Å². The highest BCUT2D eigenvalue weighted by Gasteiger charge is 2.45. The van der Waals surface area contributed by atoms with Crippen LogP contribution in [0, 0.1) is 20.8 Å². The Labute approximate surface area is 182 Å². The second-order valence-electron chi connectivity index (χ2n) is 7.03. The number of hydrogen-bond acceptors (Lipinski definition) is 6. The van der Waals surface area contributed by atoms with Crippen molar-refractivity contribution in [3.8, 4) is 0 Å².